The summed E-state index contributed by atoms with van der Waals surface area (Å²) in [5, 5.41) is 8.47. The Hall–Kier alpha value is -1.30. The maximum absolute atomic E-state index is 11.9. The van der Waals surface area contributed by atoms with E-state index in [0.717, 1.165) is 6.07 Å². The maximum Gasteiger partial charge on any atom is 0.389 e. The molecule has 4 nitrogen and oxygen atoms in total. The van der Waals surface area contributed by atoms with E-state index in [0.29, 0.717) is 0 Å². The normalized spacial score (nSPS) is 12.2. The second-order valence-electron chi connectivity index (χ2n) is 3.87. The summed E-state index contributed by atoms with van der Waals surface area (Å²) in [6.07, 6.45) is -5.76. The van der Waals surface area contributed by atoms with E-state index >= 15 is 0 Å². The summed E-state index contributed by atoms with van der Waals surface area (Å²) >= 11 is 5.73. The molecule has 0 aliphatic carbocycles. The topological polar surface area (TPSA) is 70.0 Å². The van der Waals surface area contributed by atoms with Crippen molar-refractivity contribution in [2.24, 2.45) is 0 Å². The number of nitriles is 1. The Morgan fingerprint density at radius 1 is 1.35 bits per heavy atom. The van der Waals surface area contributed by atoms with Crippen LogP contribution < -0.4 is 4.72 Å². The summed E-state index contributed by atoms with van der Waals surface area (Å²) in [5.74, 6) is 0. The highest BCUT2D eigenvalue weighted by atomic mass is 35.5. The van der Waals surface area contributed by atoms with Gasteiger partial charge >= 0.3 is 6.18 Å². The molecule has 0 unspecified atom stereocenters. The van der Waals surface area contributed by atoms with E-state index in [9.17, 15) is 21.6 Å². The molecular weight excluding hydrogens is 317 g/mol. The molecule has 1 aromatic rings. The van der Waals surface area contributed by atoms with Crippen molar-refractivity contribution in [3.8, 4) is 6.07 Å². The number of hydrogen-bond donors (Lipinski definition) is 1. The number of nitrogens with one attached hydrogen (secondary N) is 1. The highest BCUT2D eigenvalue weighted by Crippen LogP contribution is 2.23. The zero-order chi connectivity index (χ0) is 15.4. The molecule has 9 heteroatoms. The van der Waals surface area contributed by atoms with Gasteiger partial charge in [0.25, 0.3) is 0 Å². The van der Waals surface area contributed by atoms with Crippen LogP contribution in [-0.2, 0) is 10.0 Å². The van der Waals surface area contributed by atoms with Crippen LogP contribution in [0.1, 0.15) is 18.4 Å². The molecule has 0 fully saturated rings. The zero-order valence-electron chi connectivity index (χ0n) is 10.0. The third-order valence-electron chi connectivity index (χ3n) is 2.28. The lowest BCUT2D eigenvalue weighted by Crippen LogP contribution is -2.26. The molecule has 0 spiro atoms. The molecule has 0 amide bonds. The Morgan fingerprint density at radius 2 is 2.00 bits per heavy atom. The second-order valence-corrected chi connectivity index (χ2v) is 6.02. The SMILES string of the molecule is N#Cc1ccc(S(=O)(=O)NCCCC(F)(F)F)c(Cl)c1. The van der Waals surface area contributed by atoms with E-state index in [1.165, 1.54) is 12.1 Å². The molecular formula is C11H10ClF3N2O2S. The van der Waals surface area contributed by atoms with E-state index in [-0.39, 0.29) is 28.4 Å². The third kappa shape index (κ3) is 5.00. The number of sulfonamides is 1. The van der Waals surface area contributed by atoms with Gasteiger partial charge in [0.15, 0.2) is 0 Å². The number of halogens is 4. The summed E-state index contributed by atoms with van der Waals surface area (Å²) in [6.45, 7) is -0.349. The highest BCUT2D eigenvalue weighted by molar-refractivity contribution is 7.89. The molecule has 0 bridgehead atoms. The van der Waals surface area contributed by atoms with Crippen LogP contribution in [0.2, 0.25) is 5.02 Å². The number of benzene rings is 1. The second kappa shape index (κ2) is 6.43. The monoisotopic (exact) mass is 326 g/mol. The highest BCUT2D eigenvalue weighted by Gasteiger charge is 2.26. The predicted molar refractivity (Wildman–Crippen MR) is 66.6 cm³/mol. The molecule has 20 heavy (non-hydrogen) atoms. The molecule has 0 saturated carbocycles. The summed E-state index contributed by atoms with van der Waals surface area (Å²) in [7, 11) is -3.99. The summed E-state index contributed by atoms with van der Waals surface area (Å²) in [4.78, 5) is -0.273. The smallest absolute Gasteiger partial charge is 0.211 e. The molecule has 0 aliphatic rings. The summed E-state index contributed by atoms with van der Waals surface area (Å²) in [5.41, 5.74) is 0.186. The number of nitrogens with zero attached hydrogens (tertiary/aromatic N) is 1. The number of alkyl halides is 3. The minimum absolute atomic E-state index is 0.160. The molecule has 110 valence electrons. The molecule has 0 radical (unpaired) electrons. The first-order chi connectivity index (χ1) is 9.15. The van der Waals surface area contributed by atoms with E-state index in [1.54, 1.807) is 6.07 Å². The van der Waals surface area contributed by atoms with E-state index in [4.69, 9.17) is 16.9 Å². The fourth-order valence-corrected chi connectivity index (χ4v) is 2.98. The van der Waals surface area contributed by atoms with Gasteiger partial charge in [-0.25, -0.2) is 13.1 Å². The van der Waals surface area contributed by atoms with Crippen molar-refractivity contribution in [2.75, 3.05) is 6.54 Å². The van der Waals surface area contributed by atoms with Crippen LogP contribution >= 0.6 is 11.6 Å². The van der Waals surface area contributed by atoms with Gasteiger partial charge in [0, 0.05) is 13.0 Å². The first-order valence-electron chi connectivity index (χ1n) is 5.42. The zero-order valence-corrected chi connectivity index (χ0v) is 11.6. The van der Waals surface area contributed by atoms with Crippen molar-refractivity contribution in [1.29, 1.82) is 5.26 Å². The first kappa shape index (κ1) is 16.8. The van der Waals surface area contributed by atoms with E-state index in [1.807, 2.05) is 4.72 Å². The Morgan fingerprint density at radius 3 is 2.50 bits per heavy atom. The third-order valence-corrected chi connectivity index (χ3v) is 4.22. The Kier molecular flexibility index (Phi) is 5.39. The van der Waals surface area contributed by atoms with Crippen LogP contribution in [0.5, 0.6) is 0 Å². The molecule has 0 atom stereocenters. The summed E-state index contributed by atoms with van der Waals surface area (Å²) in [6, 6.07) is 5.36. The lowest BCUT2D eigenvalue weighted by Gasteiger charge is -2.09. The van der Waals surface area contributed by atoms with Gasteiger partial charge in [0.2, 0.25) is 10.0 Å². The van der Waals surface area contributed by atoms with Crippen molar-refractivity contribution in [2.45, 2.75) is 23.9 Å². The van der Waals surface area contributed by atoms with Crippen molar-refractivity contribution in [3.05, 3.63) is 28.8 Å². The van der Waals surface area contributed by atoms with E-state index in [2.05, 4.69) is 0 Å². The molecule has 0 saturated heterocycles. The Labute approximate surface area is 119 Å². The van der Waals surface area contributed by atoms with Crippen LogP contribution in [0.4, 0.5) is 13.2 Å². The van der Waals surface area contributed by atoms with Crippen molar-refractivity contribution < 1.29 is 21.6 Å². The lowest BCUT2D eigenvalue weighted by molar-refractivity contribution is -0.135. The maximum atomic E-state index is 11.9. The van der Waals surface area contributed by atoms with Crippen molar-refractivity contribution >= 4 is 21.6 Å². The van der Waals surface area contributed by atoms with Gasteiger partial charge in [-0.2, -0.15) is 18.4 Å². The van der Waals surface area contributed by atoms with Crippen molar-refractivity contribution in [3.63, 3.8) is 0 Å². The molecule has 1 N–H and O–H groups in total. The van der Waals surface area contributed by atoms with Crippen LogP contribution in [-0.4, -0.2) is 21.1 Å². The molecule has 0 heterocycles. The number of rotatable bonds is 5. The van der Waals surface area contributed by atoms with Gasteiger partial charge < -0.3 is 0 Å². The quantitative estimate of drug-likeness (QED) is 0.846. The molecule has 1 aromatic carbocycles. The fraction of sp³-hybridized carbons (Fsp3) is 0.364. The van der Waals surface area contributed by atoms with Crippen LogP contribution in [0.25, 0.3) is 0 Å². The van der Waals surface area contributed by atoms with Crippen molar-refractivity contribution in [1.82, 2.24) is 4.72 Å². The lowest BCUT2D eigenvalue weighted by atomic mass is 10.2. The van der Waals surface area contributed by atoms with Gasteiger partial charge in [-0.3, -0.25) is 0 Å². The molecule has 0 aliphatic heterocycles. The van der Waals surface area contributed by atoms with Gasteiger partial charge in [0.05, 0.1) is 16.7 Å². The summed E-state index contributed by atoms with van der Waals surface area (Å²) < 4.78 is 61.4. The fourth-order valence-electron chi connectivity index (χ4n) is 1.36. The minimum atomic E-state index is -4.32. The van der Waals surface area contributed by atoms with Gasteiger partial charge in [-0.1, -0.05) is 11.6 Å². The van der Waals surface area contributed by atoms with Gasteiger partial charge in [-0.05, 0) is 24.6 Å². The van der Waals surface area contributed by atoms with Crippen LogP contribution in [0, 0.1) is 11.3 Å². The largest absolute Gasteiger partial charge is 0.389 e. The molecule has 0 aromatic heterocycles. The Balaban J connectivity index is 2.73. The standard InChI is InChI=1S/C11H10ClF3N2O2S/c12-9-6-8(7-16)2-3-10(9)20(18,19)17-5-1-4-11(13,14)15/h2-3,6,17H,1,4-5H2. The first-order valence-corrected chi connectivity index (χ1v) is 7.28. The van der Waals surface area contributed by atoms with Crippen LogP contribution in [0.3, 0.4) is 0 Å². The van der Waals surface area contributed by atoms with E-state index < -0.39 is 22.6 Å². The predicted octanol–water partition coefficient (Wildman–Crippen LogP) is 2.83. The average Bonchev–Trinajstić information content (AvgIpc) is 2.33. The minimum Gasteiger partial charge on any atom is -0.211 e. The van der Waals surface area contributed by atoms with Gasteiger partial charge in [-0.15, -0.1) is 0 Å². The number of hydrogen-bond acceptors (Lipinski definition) is 3. The van der Waals surface area contributed by atoms with Crippen LogP contribution in [0.15, 0.2) is 23.1 Å². The molecule has 1 rings (SSSR count). The Bertz CT molecular complexity index is 624. The average molecular weight is 327 g/mol. The van der Waals surface area contributed by atoms with Gasteiger partial charge in [0.1, 0.15) is 4.90 Å².